The summed E-state index contributed by atoms with van der Waals surface area (Å²) in [6, 6.07) is 0. The minimum absolute atomic E-state index is 0.161. The number of alkyl carbamates (subject to hydrolysis) is 1. The fraction of sp³-hybridized carbons (Fsp3) is 0.692. The highest BCUT2D eigenvalue weighted by Crippen LogP contribution is 2.25. The molecular weight excluding hydrogens is 232 g/mol. The number of terminal acetylenes is 1. The molecule has 5 nitrogen and oxygen atoms in total. The van der Waals surface area contributed by atoms with Gasteiger partial charge in [-0.2, -0.15) is 0 Å². The van der Waals surface area contributed by atoms with Gasteiger partial charge in [-0.15, -0.1) is 12.3 Å². The van der Waals surface area contributed by atoms with Crippen molar-refractivity contribution < 1.29 is 14.3 Å². The van der Waals surface area contributed by atoms with Gasteiger partial charge in [-0.05, 0) is 27.2 Å². The minimum atomic E-state index is -1.01. The van der Waals surface area contributed by atoms with Crippen molar-refractivity contribution in [1.82, 2.24) is 10.2 Å². The van der Waals surface area contributed by atoms with Gasteiger partial charge in [-0.1, -0.05) is 0 Å². The minimum Gasteiger partial charge on any atom is -0.444 e. The van der Waals surface area contributed by atoms with Crippen molar-refractivity contribution in [3.63, 3.8) is 0 Å². The van der Waals surface area contributed by atoms with Gasteiger partial charge in [-0.3, -0.25) is 4.79 Å². The number of likely N-dealkylation sites (N-methyl/N-ethyl adjacent to an activating group) is 1. The number of amides is 2. The number of hydrogen-bond donors (Lipinski definition) is 1. The van der Waals surface area contributed by atoms with Crippen molar-refractivity contribution in [3.05, 3.63) is 0 Å². The van der Waals surface area contributed by atoms with Crippen LogP contribution in [-0.4, -0.2) is 41.6 Å². The van der Waals surface area contributed by atoms with Gasteiger partial charge in [0.1, 0.15) is 11.1 Å². The maximum atomic E-state index is 12.1. The molecular formula is C13H20N2O3. The normalized spacial score (nSPS) is 23.7. The van der Waals surface area contributed by atoms with Gasteiger partial charge >= 0.3 is 6.09 Å². The van der Waals surface area contributed by atoms with E-state index in [9.17, 15) is 9.59 Å². The number of carbonyl (C=O) groups excluding carboxylic acids is 2. The van der Waals surface area contributed by atoms with Crippen LogP contribution in [0.25, 0.3) is 0 Å². The lowest BCUT2D eigenvalue weighted by Crippen LogP contribution is -2.54. The zero-order chi connectivity index (χ0) is 14.0. The van der Waals surface area contributed by atoms with Crippen LogP contribution in [0.15, 0.2) is 0 Å². The van der Waals surface area contributed by atoms with Gasteiger partial charge in [0, 0.05) is 20.0 Å². The molecule has 1 fully saturated rings. The van der Waals surface area contributed by atoms with Crippen molar-refractivity contribution in [2.45, 2.75) is 44.8 Å². The van der Waals surface area contributed by atoms with Crippen LogP contribution < -0.4 is 5.32 Å². The molecule has 1 rings (SSSR count). The molecule has 0 radical (unpaired) electrons. The third-order valence-electron chi connectivity index (χ3n) is 2.77. The fourth-order valence-electron chi connectivity index (χ4n) is 1.93. The summed E-state index contributed by atoms with van der Waals surface area (Å²) >= 11 is 0. The summed E-state index contributed by atoms with van der Waals surface area (Å²) in [6.45, 7) is 5.88. The molecule has 1 N–H and O–H groups in total. The molecule has 0 aliphatic carbocycles. The highest BCUT2D eigenvalue weighted by atomic mass is 16.6. The van der Waals surface area contributed by atoms with Crippen LogP contribution in [0.1, 0.15) is 33.6 Å². The average molecular weight is 252 g/mol. The highest BCUT2D eigenvalue weighted by Gasteiger charge is 2.46. The molecule has 1 atom stereocenters. The van der Waals surface area contributed by atoms with Gasteiger partial charge in [0.15, 0.2) is 0 Å². The van der Waals surface area contributed by atoms with Crippen LogP contribution >= 0.6 is 0 Å². The van der Waals surface area contributed by atoms with E-state index in [1.54, 1.807) is 32.7 Å². The summed E-state index contributed by atoms with van der Waals surface area (Å²) in [5, 5.41) is 2.64. The summed E-state index contributed by atoms with van der Waals surface area (Å²) < 4.78 is 5.17. The Labute approximate surface area is 108 Å². The van der Waals surface area contributed by atoms with Crippen LogP contribution in [0, 0.1) is 12.3 Å². The molecule has 0 aromatic rings. The molecule has 0 aromatic heterocycles. The molecule has 0 saturated carbocycles. The molecule has 2 amide bonds. The van der Waals surface area contributed by atoms with Crippen molar-refractivity contribution in [2.24, 2.45) is 0 Å². The topological polar surface area (TPSA) is 58.6 Å². The van der Waals surface area contributed by atoms with E-state index in [2.05, 4.69) is 11.2 Å². The molecule has 0 aromatic carbocycles. The SMILES string of the molecule is C#CC[C@]1(NC(=O)OC(C)(C)C)CCN(C)C1=O. The smallest absolute Gasteiger partial charge is 0.408 e. The molecule has 18 heavy (non-hydrogen) atoms. The van der Waals surface area contributed by atoms with Gasteiger partial charge in [0.2, 0.25) is 5.91 Å². The summed E-state index contributed by atoms with van der Waals surface area (Å²) in [5.74, 6) is 2.29. The molecule has 5 heteroatoms. The van der Waals surface area contributed by atoms with Crippen LogP contribution in [0.5, 0.6) is 0 Å². The Morgan fingerprint density at radius 2 is 2.22 bits per heavy atom. The number of likely N-dealkylation sites (tertiary alicyclic amines) is 1. The van der Waals surface area contributed by atoms with Gasteiger partial charge in [0.05, 0.1) is 0 Å². The van der Waals surface area contributed by atoms with E-state index in [1.165, 1.54) is 0 Å². The van der Waals surface area contributed by atoms with Crippen LogP contribution in [0.2, 0.25) is 0 Å². The van der Waals surface area contributed by atoms with E-state index in [1.807, 2.05) is 0 Å². The van der Waals surface area contributed by atoms with Crippen molar-refractivity contribution in [1.29, 1.82) is 0 Å². The molecule has 1 aliphatic heterocycles. The third-order valence-corrected chi connectivity index (χ3v) is 2.77. The van der Waals surface area contributed by atoms with Crippen LogP contribution in [0.4, 0.5) is 4.79 Å². The summed E-state index contributed by atoms with van der Waals surface area (Å²) in [4.78, 5) is 25.4. The predicted molar refractivity (Wildman–Crippen MR) is 67.8 cm³/mol. The number of hydrogen-bond acceptors (Lipinski definition) is 3. The molecule has 0 spiro atoms. The lowest BCUT2D eigenvalue weighted by molar-refractivity contribution is -0.132. The van der Waals surface area contributed by atoms with Crippen molar-refractivity contribution in [2.75, 3.05) is 13.6 Å². The lowest BCUT2D eigenvalue weighted by Gasteiger charge is -2.28. The molecule has 0 unspecified atom stereocenters. The predicted octanol–water partition coefficient (Wildman–Crippen LogP) is 1.14. The monoisotopic (exact) mass is 252 g/mol. The van der Waals surface area contributed by atoms with Gasteiger partial charge in [0.25, 0.3) is 0 Å². The Morgan fingerprint density at radius 3 is 2.61 bits per heavy atom. The number of carbonyl (C=O) groups is 2. The maximum Gasteiger partial charge on any atom is 0.408 e. The second-order valence-corrected chi connectivity index (χ2v) is 5.57. The number of nitrogens with one attached hydrogen (secondary N) is 1. The summed E-state index contributed by atoms with van der Waals surface area (Å²) in [5.41, 5.74) is -1.61. The number of nitrogens with zero attached hydrogens (tertiary/aromatic N) is 1. The largest absolute Gasteiger partial charge is 0.444 e. The third kappa shape index (κ3) is 3.16. The standard InChI is InChI=1S/C13H20N2O3/c1-6-7-13(8-9-15(5)10(13)16)14-11(17)18-12(2,3)4/h1H,7-9H2,2-5H3,(H,14,17)/t13-/m0/s1. The van der Waals surface area contributed by atoms with Gasteiger partial charge in [-0.25, -0.2) is 4.79 Å². The quantitative estimate of drug-likeness (QED) is 0.750. The molecule has 0 bridgehead atoms. The Kier molecular flexibility index (Phi) is 3.90. The van der Waals surface area contributed by atoms with E-state index in [0.29, 0.717) is 13.0 Å². The summed E-state index contributed by atoms with van der Waals surface area (Å²) in [7, 11) is 1.69. The number of ether oxygens (including phenoxy) is 1. The van der Waals surface area contributed by atoms with Crippen molar-refractivity contribution >= 4 is 12.0 Å². The second-order valence-electron chi connectivity index (χ2n) is 5.57. The molecule has 1 heterocycles. The number of rotatable bonds is 2. The van der Waals surface area contributed by atoms with Crippen LogP contribution in [-0.2, 0) is 9.53 Å². The van der Waals surface area contributed by atoms with E-state index in [0.717, 1.165) is 0 Å². The van der Waals surface area contributed by atoms with Gasteiger partial charge < -0.3 is 15.0 Å². The first kappa shape index (κ1) is 14.4. The van der Waals surface area contributed by atoms with Crippen molar-refractivity contribution in [3.8, 4) is 12.3 Å². The lowest BCUT2D eigenvalue weighted by atomic mass is 9.94. The molecule has 100 valence electrons. The summed E-state index contributed by atoms with van der Waals surface area (Å²) in [6.07, 6.45) is 5.36. The van der Waals surface area contributed by atoms with E-state index in [4.69, 9.17) is 11.2 Å². The molecule has 1 aliphatic rings. The average Bonchev–Trinajstić information content (AvgIpc) is 2.45. The Balaban J connectivity index is 2.80. The first-order valence-electron chi connectivity index (χ1n) is 5.90. The fourth-order valence-corrected chi connectivity index (χ4v) is 1.93. The first-order chi connectivity index (χ1) is 8.20. The molecule has 1 saturated heterocycles. The Morgan fingerprint density at radius 1 is 1.61 bits per heavy atom. The second kappa shape index (κ2) is 4.89. The Hall–Kier alpha value is -1.70. The first-order valence-corrected chi connectivity index (χ1v) is 5.90. The van der Waals surface area contributed by atoms with E-state index >= 15 is 0 Å². The zero-order valence-electron chi connectivity index (χ0n) is 11.4. The van der Waals surface area contributed by atoms with E-state index < -0.39 is 17.2 Å². The maximum absolute atomic E-state index is 12.1. The van der Waals surface area contributed by atoms with Crippen LogP contribution in [0.3, 0.4) is 0 Å². The van der Waals surface area contributed by atoms with E-state index in [-0.39, 0.29) is 12.3 Å². The zero-order valence-corrected chi connectivity index (χ0v) is 11.4. The Bertz CT molecular complexity index is 392. The highest BCUT2D eigenvalue weighted by molar-refractivity contribution is 5.92.